The van der Waals surface area contributed by atoms with E-state index in [0.29, 0.717) is 30.8 Å². The van der Waals surface area contributed by atoms with Crippen molar-refractivity contribution in [3.8, 4) is 5.88 Å². The van der Waals surface area contributed by atoms with Crippen LogP contribution in [-0.2, 0) is 4.74 Å². The first-order valence-electron chi connectivity index (χ1n) is 9.14. The van der Waals surface area contributed by atoms with Crippen LogP contribution in [0.4, 0.5) is 10.5 Å². The lowest BCUT2D eigenvalue weighted by Gasteiger charge is -2.37. The maximum absolute atomic E-state index is 12.5. The molecule has 1 unspecified atom stereocenters. The Bertz CT molecular complexity index is 546. The fourth-order valence-corrected chi connectivity index (χ4v) is 3.52. The highest BCUT2D eigenvalue weighted by atomic mass is 16.5. The van der Waals surface area contributed by atoms with Gasteiger partial charge in [0.25, 0.3) is 0 Å². The van der Waals surface area contributed by atoms with Crippen LogP contribution in [0.5, 0.6) is 5.88 Å². The van der Waals surface area contributed by atoms with Crippen LogP contribution < -0.4 is 10.1 Å². The van der Waals surface area contributed by atoms with Crippen LogP contribution in [0.25, 0.3) is 0 Å². The number of anilines is 1. The highest BCUT2D eigenvalue weighted by molar-refractivity contribution is 5.89. The third-order valence-corrected chi connectivity index (χ3v) is 4.87. The van der Waals surface area contributed by atoms with Crippen molar-refractivity contribution in [3.63, 3.8) is 0 Å². The summed E-state index contributed by atoms with van der Waals surface area (Å²) in [7, 11) is 1.63. The maximum Gasteiger partial charge on any atom is 0.321 e. The predicted molar refractivity (Wildman–Crippen MR) is 96.0 cm³/mol. The minimum absolute atomic E-state index is 0.0428. The lowest BCUT2D eigenvalue weighted by molar-refractivity contribution is 0.131. The van der Waals surface area contributed by atoms with Crippen LogP contribution in [0.1, 0.15) is 25.7 Å². The van der Waals surface area contributed by atoms with Crippen molar-refractivity contribution in [2.75, 3.05) is 51.8 Å². The second-order valence-corrected chi connectivity index (χ2v) is 6.64. The average molecular weight is 348 g/mol. The number of amides is 2. The molecule has 0 aliphatic carbocycles. The second kappa shape index (κ2) is 9.01. The van der Waals surface area contributed by atoms with E-state index in [1.807, 2.05) is 11.0 Å². The number of urea groups is 1. The van der Waals surface area contributed by atoms with Crippen LogP contribution in [0, 0.1) is 0 Å². The Balaban J connectivity index is 1.49. The van der Waals surface area contributed by atoms with Gasteiger partial charge in [0.1, 0.15) is 6.61 Å². The monoisotopic (exact) mass is 348 g/mol. The maximum atomic E-state index is 12.5. The van der Waals surface area contributed by atoms with E-state index < -0.39 is 0 Å². The number of nitrogens with one attached hydrogen (secondary N) is 1. The first-order chi connectivity index (χ1) is 12.3. The predicted octanol–water partition coefficient (Wildman–Crippen LogP) is 2.20. The first kappa shape index (κ1) is 17.9. The number of pyridine rings is 1. The second-order valence-electron chi connectivity index (χ2n) is 6.64. The third kappa shape index (κ3) is 5.06. The van der Waals surface area contributed by atoms with E-state index in [0.717, 1.165) is 19.5 Å². The summed E-state index contributed by atoms with van der Waals surface area (Å²) in [6.45, 7) is 4.97. The Hall–Kier alpha value is -1.86. The van der Waals surface area contributed by atoms with E-state index in [-0.39, 0.29) is 6.03 Å². The molecule has 1 aromatic heterocycles. The average Bonchev–Trinajstić information content (AvgIpc) is 3.18. The number of rotatable bonds is 6. The molecule has 2 saturated heterocycles. The van der Waals surface area contributed by atoms with Gasteiger partial charge in [0.05, 0.1) is 18.5 Å². The number of nitrogens with zero attached hydrogens (tertiary/aromatic N) is 3. The lowest BCUT2D eigenvalue weighted by atomic mass is 10.0. The zero-order valence-electron chi connectivity index (χ0n) is 14.9. The fraction of sp³-hybridized carbons (Fsp3) is 0.667. The zero-order valence-corrected chi connectivity index (χ0v) is 14.9. The van der Waals surface area contributed by atoms with Crippen LogP contribution in [0.15, 0.2) is 18.3 Å². The van der Waals surface area contributed by atoms with Gasteiger partial charge in [-0.05, 0) is 44.8 Å². The highest BCUT2D eigenvalue weighted by Crippen LogP contribution is 2.21. The molecule has 0 aromatic carbocycles. The summed E-state index contributed by atoms with van der Waals surface area (Å²) in [6.07, 6.45) is 6.46. The van der Waals surface area contributed by atoms with E-state index in [1.54, 1.807) is 19.4 Å². The molecule has 2 amide bonds. The summed E-state index contributed by atoms with van der Waals surface area (Å²) >= 11 is 0. The Morgan fingerprint density at radius 3 is 2.80 bits per heavy atom. The molecular formula is C18H28N4O3. The van der Waals surface area contributed by atoms with Crippen molar-refractivity contribution < 1.29 is 14.3 Å². The van der Waals surface area contributed by atoms with Gasteiger partial charge in [-0.3, -0.25) is 4.90 Å². The largest absolute Gasteiger partial charge is 0.475 e. The Morgan fingerprint density at radius 1 is 1.24 bits per heavy atom. The Kier molecular flexibility index (Phi) is 6.47. The number of hydrogen-bond donors (Lipinski definition) is 1. The van der Waals surface area contributed by atoms with Gasteiger partial charge in [0.2, 0.25) is 5.88 Å². The number of methoxy groups -OCH3 is 1. The van der Waals surface area contributed by atoms with Crippen molar-refractivity contribution in [1.82, 2.24) is 14.8 Å². The van der Waals surface area contributed by atoms with Gasteiger partial charge in [-0.15, -0.1) is 0 Å². The number of aromatic nitrogens is 1. The van der Waals surface area contributed by atoms with Gasteiger partial charge in [-0.25, -0.2) is 9.78 Å². The van der Waals surface area contributed by atoms with E-state index in [2.05, 4.69) is 15.2 Å². The zero-order chi connectivity index (χ0) is 17.5. The van der Waals surface area contributed by atoms with Crippen molar-refractivity contribution in [2.45, 2.75) is 31.7 Å². The number of hydrogen-bond acceptors (Lipinski definition) is 5. The number of carbonyl (C=O) groups is 1. The minimum atomic E-state index is -0.0428. The molecule has 7 heteroatoms. The minimum Gasteiger partial charge on any atom is -0.475 e. The molecule has 2 aliphatic rings. The molecule has 1 N–H and O–H groups in total. The summed E-state index contributed by atoms with van der Waals surface area (Å²) in [6, 6.07) is 4.04. The van der Waals surface area contributed by atoms with Gasteiger partial charge in [0.15, 0.2) is 0 Å². The molecule has 0 radical (unpaired) electrons. The van der Waals surface area contributed by atoms with Gasteiger partial charge >= 0.3 is 6.03 Å². The highest BCUT2D eigenvalue weighted by Gasteiger charge is 2.29. The standard InChI is InChI=1S/C18H28N4O3/c1-24-11-12-25-17-7-6-15(13-19-17)20-18(23)22-10-4-5-16(14-22)21-8-2-3-9-21/h6-7,13,16H,2-5,8-12,14H2,1H3,(H,20,23). The number of likely N-dealkylation sites (tertiary alicyclic amines) is 2. The molecule has 3 rings (SSSR count). The molecule has 1 aromatic rings. The molecule has 7 nitrogen and oxygen atoms in total. The van der Waals surface area contributed by atoms with Crippen molar-refractivity contribution in [3.05, 3.63) is 18.3 Å². The molecule has 3 heterocycles. The molecule has 0 saturated carbocycles. The van der Waals surface area contributed by atoms with E-state index in [9.17, 15) is 4.79 Å². The number of carbonyl (C=O) groups excluding carboxylic acids is 1. The fourth-order valence-electron chi connectivity index (χ4n) is 3.52. The van der Waals surface area contributed by atoms with Crippen LogP contribution >= 0.6 is 0 Å². The summed E-state index contributed by atoms with van der Waals surface area (Å²) in [4.78, 5) is 21.2. The molecule has 1 atom stereocenters. The van der Waals surface area contributed by atoms with Crippen molar-refractivity contribution in [1.29, 1.82) is 0 Å². The Labute approximate surface area is 149 Å². The van der Waals surface area contributed by atoms with Gasteiger partial charge < -0.3 is 19.7 Å². The summed E-state index contributed by atoms with van der Waals surface area (Å²) in [5, 5.41) is 2.94. The molecular weight excluding hydrogens is 320 g/mol. The third-order valence-electron chi connectivity index (χ3n) is 4.87. The van der Waals surface area contributed by atoms with E-state index in [1.165, 1.54) is 32.4 Å². The van der Waals surface area contributed by atoms with E-state index in [4.69, 9.17) is 9.47 Å². The first-order valence-corrected chi connectivity index (χ1v) is 9.14. The normalized spacial score (nSPS) is 21.3. The van der Waals surface area contributed by atoms with Crippen molar-refractivity contribution in [2.24, 2.45) is 0 Å². The topological polar surface area (TPSA) is 66.9 Å². The summed E-state index contributed by atoms with van der Waals surface area (Å²) < 4.78 is 10.4. The van der Waals surface area contributed by atoms with Gasteiger partial charge in [0, 0.05) is 32.3 Å². The molecule has 0 bridgehead atoms. The number of piperidine rings is 1. The molecule has 2 fully saturated rings. The van der Waals surface area contributed by atoms with Crippen LogP contribution in [0.2, 0.25) is 0 Å². The van der Waals surface area contributed by atoms with E-state index >= 15 is 0 Å². The van der Waals surface area contributed by atoms with Crippen LogP contribution in [0.3, 0.4) is 0 Å². The Morgan fingerprint density at radius 2 is 2.08 bits per heavy atom. The quantitative estimate of drug-likeness (QED) is 0.799. The summed E-state index contributed by atoms with van der Waals surface area (Å²) in [5.74, 6) is 0.530. The van der Waals surface area contributed by atoms with Crippen molar-refractivity contribution >= 4 is 11.7 Å². The molecule has 25 heavy (non-hydrogen) atoms. The lowest BCUT2D eigenvalue weighted by Crippen LogP contribution is -2.50. The molecule has 138 valence electrons. The van der Waals surface area contributed by atoms with Gasteiger partial charge in [-0.2, -0.15) is 0 Å². The van der Waals surface area contributed by atoms with Gasteiger partial charge in [-0.1, -0.05) is 0 Å². The van der Waals surface area contributed by atoms with Crippen LogP contribution in [-0.4, -0.2) is 73.4 Å². The molecule has 2 aliphatic heterocycles. The number of ether oxygens (including phenoxy) is 2. The summed E-state index contributed by atoms with van der Waals surface area (Å²) in [5.41, 5.74) is 0.687. The molecule has 0 spiro atoms. The SMILES string of the molecule is COCCOc1ccc(NC(=O)N2CCCC(N3CCCC3)C2)cn1. The smallest absolute Gasteiger partial charge is 0.321 e.